The van der Waals surface area contributed by atoms with Gasteiger partial charge in [0, 0.05) is 6.42 Å². The summed E-state index contributed by atoms with van der Waals surface area (Å²) in [6.45, 7) is 25.9. The Hall–Kier alpha value is -1.46. The molecule has 4 rings (SSSR count). The molecule has 0 unspecified atom stereocenters. The molecule has 3 nitrogen and oxygen atoms in total. The van der Waals surface area contributed by atoms with Crippen LogP contribution < -0.4 is 0 Å². The van der Waals surface area contributed by atoms with Gasteiger partial charge in [-0.2, -0.15) is 0 Å². The van der Waals surface area contributed by atoms with Gasteiger partial charge in [-0.15, -0.1) is 0 Å². The fourth-order valence-electron chi connectivity index (χ4n) is 8.33. The van der Waals surface area contributed by atoms with Crippen LogP contribution in [0.1, 0.15) is 118 Å². The number of fused-ring (bicyclic) bond motifs is 1. The van der Waals surface area contributed by atoms with Crippen LogP contribution in [0.2, 0.25) is 18.1 Å². The third kappa shape index (κ3) is 8.66. The van der Waals surface area contributed by atoms with E-state index in [-0.39, 0.29) is 17.2 Å². The van der Waals surface area contributed by atoms with Crippen molar-refractivity contribution >= 4 is 8.32 Å². The van der Waals surface area contributed by atoms with E-state index in [0.29, 0.717) is 23.9 Å². The van der Waals surface area contributed by atoms with Crippen LogP contribution in [0, 0.1) is 23.2 Å². The molecule has 0 saturated heterocycles. The Balaban J connectivity index is 1.52. The van der Waals surface area contributed by atoms with Crippen molar-refractivity contribution in [2.45, 2.75) is 155 Å². The van der Waals surface area contributed by atoms with E-state index < -0.39 is 13.9 Å². The largest absolute Gasteiger partial charge is 0.413 e. The van der Waals surface area contributed by atoms with Crippen LogP contribution >= 0.6 is 0 Å². The summed E-state index contributed by atoms with van der Waals surface area (Å²) < 4.78 is 13.6. The molecule has 3 aliphatic carbocycles. The first-order valence-corrected chi connectivity index (χ1v) is 20.6. The normalized spacial score (nSPS) is 31.0. The summed E-state index contributed by atoms with van der Waals surface area (Å²) in [4.78, 5) is 0. The van der Waals surface area contributed by atoms with Crippen LogP contribution in [-0.4, -0.2) is 31.2 Å². The van der Waals surface area contributed by atoms with E-state index in [1.54, 1.807) is 5.57 Å². The minimum atomic E-state index is -1.92. The summed E-state index contributed by atoms with van der Waals surface area (Å²) in [5.74, 6) is 2.16. The lowest BCUT2D eigenvalue weighted by atomic mass is 9.60. The lowest BCUT2D eigenvalue weighted by Crippen LogP contribution is -2.46. The number of ether oxygens (including phenoxy) is 1. The van der Waals surface area contributed by atoms with Crippen molar-refractivity contribution < 1.29 is 14.3 Å². The molecule has 0 spiro atoms. The number of hydrogen-bond donors (Lipinski definition) is 1. The molecule has 1 aromatic carbocycles. The Kier molecular flexibility index (Phi) is 11.4. The number of hydrogen-bond acceptors (Lipinski definition) is 3. The molecule has 44 heavy (non-hydrogen) atoms. The molecule has 3 aliphatic rings. The maximum absolute atomic E-state index is 10.2. The maximum atomic E-state index is 10.2. The molecule has 0 amide bonds. The highest BCUT2D eigenvalue weighted by molar-refractivity contribution is 6.74. The van der Waals surface area contributed by atoms with Gasteiger partial charge in [-0.25, -0.2) is 0 Å². The van der Waals surface area contributed by atoms with Gasteiger partial charge >= 0.3 is 0 Å². The van der Waals surface area contributed by atoms with Gasteiger partial charge < -0.3 is 14.3 Å². The summed E-state index contributed by atoms with van der Waals surface area (Å²) in [5, 5.41) is 10.4. The van der Waals surface area contributed by atoms with Crippen molar-refractivity contribution in [1.82, 2.24) is 0 Å². The summed E-state index contributed by atoms with van der Waals surface area (Å²) in [6, 6.07) is 10.5. The standard InChI is InChI=1S/C40H64O3Si/c1-29(16-14-24-39(6,7)41)35-22-23-36-32(19-15-25-40(35,36)8)20-21-33-26-34(43-44(9,10)38(3,4)5)27-37(30(33)2)42-28-31-17-12-11-13-18-31/h11-13,17-18,20-21,29,34-37,41H,2,14-16,19,22-28H2,1,3-10H3/b32-20+,33-21-/t29-,34-,35-,36+,37+,40-/m1/s1. The monoisotopic (exact) mass is 620 g/mol. The molecule has 3 saturated carbocycles. The number of rotatable bonds is 11. The summed E-state index contributed by atoms with van der Waals surface area (Å²) >= 11 is 0. The van der Waals surface area contributed by atoms with E-state index in [1.807, 2.05) is 13.8 Å². The molecule has 0 aromatic heterocycles. The van der Waals surface area contributed by atoms with E-state index in [2.05, 4.69) is 96.8 Å². The zero-order valence-electron chi connectivity index (χ0n) is 29.7. The SMILES string of the molecule is C=C1/C(=C\C=C2/CCC[C@]3(C)[C@@H]([C@H](C)CCCC(C)(C)O)CC[C@@H]23)C[C@@H](O[Si](C)(C)C(C)(C)C)C[C@@H]1OCc1ccccc1. The van der Waals surface area contributed by atoms with Gasteiger partial charge in [0.2, 0.25) is 0 Å². The molecule has 1 N–H and O–H groups in total. The average Bonchev–Trinajstić information content (AvgIpc) is 3.29. The smallest absolute Gasteiger partial charge is 0.192 e. The fraction of sp³-hybridized carbons (Fsp3) is 0.700. The molecule has 4 heteroatoms. The van der Waals surface area contributed by atoms with Crippen LogP contribution in [0.25, 0.3) is 0 Å². The Bertz CT molecular complexity index is 1170. The highest BCUT2D eigenvalue weighted by Gasteiger charge is 2.50. The lowest BCUT2D eigenvalue weighted by Gasteiger charge is -2.44. The van der Waals surface area contributed by atoms with Crippen LogP contribution in [0.4, 0.5) is 0 Å². The molecule has 0 heterocycles. The lowest BCUT2D eigenvalue weighted by molar-refractivity contribution is 0.0197. The van der Waals surface area contributed by atoms with Crippen molar-refractivity contribution in [2.24, 2.45) is 23.2 Å². The van der Waals surface area contributed by atoms with Gasteiger partial charge in [0.05, 0.1) is 24.4 Å². The van der Waals surface area contributed by atoms with Crippen LogP contribution in [0.5, 0.6) is 0 Å². The van der Waals surface area contributed by atoms with Crippen molar-refractivity contribution in [3.8, 4) is 0 Å². The Morgan fingerprint density at radius 2 is 1.80 bits per heavy atom. The highest BCUT2D eigenvalue weighted by atomic mass is 28.4. The third-order valence-electron chi connectivity index (χ3n) is 12.0. The predicted octanol–water partition coefficient (Wildman–Crippen LogP) is 11.0. The van der Waals surface area contributed by atoms with Crippen molar-refractivity contribution in [3.63, 3.8) is 0 Å². The van der Waals surface area contributed by atoms with Gasteiger partial charge in [0.15, 0.2) is 8.32 Å². The minimum absolute atomic E-state index is 0.0272. The molecule has 0 aliphatic heterocycles. The quantitative estimate of drug-likeness (QED) is 0.250. The van der Waals surface area contributed by atoms with E-state index in [0.717, 1.165) is 37.2 Å². The number of aliphatic hydroxyl groups is 1. The van der Waals surface area contributed by atoms with E-state index >= 15 is 0 Å². The molecular formula is C40H64O3Si. The topological polar surface area (TPSA) is 38.7 Å². The Labute approximate surface area is 271 Å². The van der Waals surface area contributed by atoms with Crippen molar-refractivity contribution in [1.29, 1.82) is 0 Å². The number of benzene rings is 1. The Morgan fingerprint density at radius 3 is 2.45 bits per heavy atom. The first kappa shape index (κ1) is 35.4. The highest BCUT2D eigenvalue weighted by Crippen LogP contribution is 2.60. The van der Waals surface area contributed by atoms with Crippen LogP contribution in [0.3, 0.4) is 0 Å². The van der Waals surface area contributed by atoms with E-state index in [4.69, 9.17) is 9.16 Å². The van der Waals surface area contributed by atoms with Gasteiger partial charge in [-0.05, 0) is 117 Å². The maximum Gasteiger partial charge on any atom is 0.192 e. The zero-order chi connectivity index (χ0) is 32.3. The van der Waals surface area contributed by atoms with Gasteiger partial charge in [-0.3, -0.25) is 0 Å². The summed E-state index contributed by atoms with van der Waals surface area (Å²) in [7, 11) is -1.92. The average molecular weight is 621 g/mol. The Morgan fingerprint density at radius 1 is 1.09 bits per heavy atom. The van der Waals surface area contributed by atoms with E-state index in [9.17, 15) is 5.11 Å². The van der Waals surface area contributed by atoms with Crippen LogP contribution in [0.15, 0.2) is 65.8 Å². The van der Waals surface area contributed by atoms with Gasteiger partial charge in [0.1, 0.15) is 0 Å². The molecule has 6 atom stereocenters. The molecule has 246 valence electrons. The second-order valence-electron chi connectivity index (χ2n) is 17.0. The van der Waals surface area contributed by atoms with Gasteiger partial charge in [0.25, 0.3) is 0 Å². The second kappa shape index (κ2) is 14.1. The fourth-order valence-corrected chi connectivity index (χ4v) is 9.69. The summed E-state index contributed by atoms with van der Waals surface area (Å²) in [6.07, 6.45) is 16.5. The first-order valence-electron chi connectivity index (χ1n) is 17.6. The van der Waals surface area contributed by atoms with Gasteiger partial charge in [-0.1, -0.05) is 102 Å². The van der Waals surface area contributed by atoms with E-state index in [1.165, 1.54) is 49.7 Å². The van der Waals surface area contributed by atoms with Crippen molar-refractivity contribution in [2.75, 3.05) is 0 Å². The molecule has 0 radical (unpaired) electrons. The molecular weight excluding hydrogens is 557 g/mol. The second-order valence-corrected chi connectivity index (χ2v) is 21.7. The van der Waals surface area contributed by atoms with Crippen molar-refractivity contribution in [3.05, 3.63) is 71.3 Å². The third-order valence-corrected chi connectivity index (χ3v) is 16.5. The minimum Gasteiger partial charge on any atom is -0.413 e. The van der Waals surface area contributed by atoms with Crippen LogP contribution in [-0.2, 0) is 15.8 Å². The number of allylic oxidation sites excluding steroid dienone is 3. The summed E-state index contributed by atoms with van der Waals surface area (Å²) in [5.41, 5.74) is 5.13. The predicted molar refractivity (Wildman–Crippen MR) is 189 cm³/mol. The zero-order valence-corrected chi connectivity index (χ0v) is 30.7. The molecule has 3 fully saturated rings. The molecule has 0 bridgehead atoms. The first-order chi connectivity index (χ1) is 20.5. The molecule has 1 aromatic rings.